The van der Waals surface area contributed by atoms with Crippen LogP contribution in [0, 0.1) is 0 Å². The molecule has 0 fully saturated rings. The van der Waals surface area contributed by atoms with Gasteiger partial charge < -0.3 is 4.74 Å². The van der Waals surface area contributed by atoms with Crippen molar-refractivity contribution in [2.75, 3.05) is 6.61 Å². The molecular formula is C8H14O2S2. The molecule has 0 aliphatic heterocycles. The fourth-order valence-electron chi connectivity index (χ4n) is 0.773. The maximum absolute atomic E-state index is 11.2. The standard InChI is InChI=1S/C8H14O2S2/c1-3-5-6(8(11)12)7(9)10-4-2/h11-12H,3-5H2,1-2H3. The summed E-state index contributed by atoms with van der Waals surface area (Å²) < 4.78 is 5.28. The van der Waals surface area contributed by atoms with E-state index in [9.17, 15) is 4.79 Å². The number of rotatable bonds is 4. The molecule has 70 valence electrons. The number of ether oxygens (including phenoxy) is 1. The highest BCUT2D eigenvalue weighted by atomic mass is 32.2. The van der Waals surface area contributed by atoms with E-state index in [0.717, 1.165) is 6.42 Å². The molecule has 0 N–H and O–H groups in total. The highest BCUT2D eigenvalue weighted by Crippen LogP contribution is 2.18. The summed E-state index contributed by atoms with van der Waals surface area (Å²) in [5, 5.41) is 0. The largest absolute Gasteiger partial charge is 0.463 e. The fraction of sp³-hybridized carbons (Fsp3) is 0.625. The SMILES string of the molecule is CCCC(C(=O)OCC)=C(S)S. The molecular weight excluding hydrogens is 192 g/mol. The number of thiol groups is 2. The Labute approximate surface area is 84.2 Å². The molecule has 0 radical (unpaired) electrons. The zero-order chi connectivity index (χ0) is 9.56. The van der Waals surface area contributed by atoms with Gasteiger partial charge >= 0.3 is 5.97 Å². The molecule has 0 heterocycles. The Bertz CT molecular complexity index is 183. The molecule has 0 rings (SSSR count). The average Bonchev–Trinajstić information content (AvgIpc) is 1.99. The number of esters is 1. The van der Waals surface area contributed by atoms with Gasteiger partial charge in [-0.1, -0.05) is 13.3 Å². The van der Waals surface area contributed by atoms with E-state index in [0.29, 0.717) is 22.8 Å². The molecule has 0 saturated carbocycles. The Morgan fingerprint density at radius 2 is 1.92 bits per heavy atom. The Morgan fingerprint density at radius 3 is 2.25 bits per heavy atom. The minimum absolute atomic E-state index is 0.306. The maximum atomic E-state index is 11.2. The minimum Gasteiger partial charge on any atom is -0.463 e. The van der Waals surface area contributed by atoms with Crippen LogP contribution in [-0.4, -0.2) is 12.6 Å². The van der Waals surface area contributed by atoms with Gasteiger partial charge in [0.15, 0.2) is 0 Å². The molecule has 0 amide bonds. The second-order valence-electron chi connectivity index (χ2n) is 2.27. The molecule has 0 bridgehead atoms. The zero-order valence-electron chi connectivity index (χ0n) is 7.33. The van der Waals surface area contributed by atoms with Crippen LogP contribution >= 0.6 is 25.3 Å². The molecule has 2 nitrogen and oxygen atoms in total. The molecule has 0 spiro atoms. The molecule has 0 aromatic heterocycles. The average molecular weight is 206 g/mol. The Hall–Kier alpha value is -0.0900. The zero-order valence-corrected chi connectivity index (χ0v) is 9.12. The summed E-state index contributed by atoms with van der Waals surface area (Å²) in [7, 11) is 0. The van der Waals surface area contributed by atoms with Crippen molar-refractivity contribution in [2.24, 2.45) is 0 Å². The van der Waals surface area contributed by atoms with Crippen LogP contribution in [0.1, 0.15) is 26.7 Å². The van der Waals surface area contributed by atoms with Crippen molar-refractivity contribution in [1.82, 2.24) is 0 Å². The van der Waals surface area contributed by atoms with Gasteiger partial charge in [0.05, 0.1) is 12.2 Å². The summed E-state index contributed by atoms with van der Waals surface area (Å²) in [6.07, 6.45) is 1.56. The van der Waals surface area contributed by atoms with Crippen molar-refractivity contribution in [1.29, 1.82) is 0 Å². The van der Waals surface area contributed by atoms with Crippen molar-refractivity contribution in [3.05, 3.63) is 9.81 Å². The summed E-state index contributed by atoms with van der Waals surface area (Å²) in [6.45, 7) is 4.16. The second kappa shape index (κ2) is 6.43. The summed E-state index contributed by atoms with van der Waals surface area (Å²) >= 11 is 8.00. The molecule has 0 aromatic carbocycles. The molecule has 12 heavy (non-hydrogen) atoms. The quantitative estimate of drug-likeness (QED) is 0.420. The Morgan fingerprint density at radius 1 is 1.33 bits per heavy atom. The van der Waals surface area contributed by atoms with E-state index in [4.69, 9.17) is 4.74 Å². The van der Waals surface area contributed by atoms with Gasteiger partial charge in [-0.05, 0) is 13.3 Å². The minimum atomic E-state index is -0.306. The van der Waals surface area contributed by atoms with Gasteiger partial charge in [-0.2, -0.15) is 0 Å². The van der Waals surface area contributed by atoms with Crippen LogP contribution in [-0.2, 0) is 9.53 Å². The van der Waals surface area contributed by atoms with Crippen molar-refractivity contribution < 1.29 is 9.53 Å². The van der Waals surface area contributed by atoms with Gasteiger partial charge in [-0.3, -0.25) is 0 Å². The van der Waals surface area contributed by atoms with E-state index in [-0.39, 0.29) is 5.97 Å². The van der Waals surface area contributed by atoms with Gasteiger partial charge in [-0.25, -0.2) is 4.79 Å². The van der Waals surface area contributed by atoms with Crippen LogP contribution in [0.15, 0.2) is 9.81 Å². The van der Waals surface area contributed by atoms with Crippen LogP contribution in [0.4, 0.5) is 0 Å². The number of hydrogen-bond acceptors (Lipinski definition) is 4. The Balaban J connectivity index is 4.32. The first-order valence-electron chi connectivity index (χ1n) is 3.91. The van der Waals surface area contributed by atoms with Crippen molar-refractivity contribution in [3.63, 3.8) is 0 Å². The molecule has 0 unspecified atom stereocenters. The second-order valence-corrected chi connectivity index (χ2v) is 3.52. The first-order chi connectivity index (χ1) is 5.63. The summed E-state index contributed by atoms with van der Waals surface area (Å²) in [5.41, 5.74) is 0.561. The predicted molar refractivity (Wildman–Crippen MR) is 56.5 cm³/mol. The summed E-state index contributed by atoms with van der Waals surface area (Å²) in [6, 6.07) is 0. The van der Waals surface area contributed by atoms with Gasteiger partial charge in [0, 0.05) is 4.24 Å². The molecule has 0 aromatic rings. The van der Waals surface area contributed by atoms with Crippen LogP contribution in [0.2, 0.25) is 0 Å². The van der Waals surface area contributed by atoms with Crippen LogP contribution in [0.5, 0.6) is 0 Å². The molecule has 0 saturated heterocycles. The van der Waals surface area contributed by atoms with Gasteiger partial charge in [-0.15, -0.1) is 25.3 Å². The van der Waals surface area contributed by atoms with Crippen molar-refractivity contribution >= 4 is 31.2 Å². The fourth-order valence-corrected chi connectivity index (χ4v) is 1.18. The molecule has 0 atom stereocenters. The molecule has 0 aliphatic rings. The van der Waals surface area contributed by atoms with Crippen LogP contribution in [0.3, 0.4) is 0 Å². The number of hydrogen-bond donors (Lipinski definition) is 2. The summed E-state index contributed by atoms with van der Waals surface area (Å²) in [5.74, 6) is -0.306. The monoisotopic (exact) mass is 206 g/mol. The first-order valence-corrected chi connectivity index (χ1v) is 4.81. The van der Waals surface area contributed by atoms with Crippen molar-refractivity contribution in [3.8, 4) is 0 Å². The Kier molecular flexibility index (Phi) is 6.38. The van der Waals surface area contributed by atoms with E-state index in [2.05, 4.69) is 25.3 Å². The lowest BCUT2D eigenvalue weighted by Gasteiger charge is -2.05. The van der Waals surface area contributed by atoms with E-state index in [1.54, 1.807) is 6.92 Å². The van der Waals surface area contributed by atoms with E-state index in [1.807, 2.05) is 6.92 Å². The normalized spacial score (nSPS) is 9.33. The van der Waals surface area contributed by atoms with E-state index >= 15 is 0 Å². The molecule has 4 heteroatoms. The predicted octanol–water partition coefficient (Wildman–Crippen LogP) is 2.42. The smallest absolute Gasteiger partial charge is 0.335 e. The number of carbonyl (C=O) groups is 1. The van der Waals surface area contributed by atoms with Gasteiger partial charge in [0.2, 0.25) is 0 Å². The highest BCUT2D eigenvalue weighted by molar-refractivity contribution is 8.05. The van der Waals surface area contributed by atoms with Crippen LogP contribution in [0.25, 0.3) is 0 Å². The maximum Gasteiger partial charge on any atom is 0.335 e. The third-order valence-electron chi connectivity index (χ3n) is 1.29. The molecule has 0 aliphatic carbocycles. The topological polar surface area (TPSA) is 26.3 Å². The lowest BCUT2D eigenvalue weighted by Crippen LogP contribution is -2.08. The van der Waals surface area contributed by atoms with E-state index < -0.39 is 0 Å². The lowest BCUT2D eigenvalue weighted by molar-refractivity contribution is -0.138. The van der Waals surface area contributed by atoms with E-state index in [1.165, 1.54) is 0 Å². The third-order valence-corrected chi connectivity index (χ3v) is 1.83. The third kappa shape index (κ3) is 4.07. The van der Waals surface area contributed by atoms with Crippen molar-refractivity contribution in [2.45, 2.75) is 26.7 Å². The van der Waals surface area contributed by atoms with Gasteiger partial charge in [0.1, 0.15) is 0 Å². The highest BCUT2D eigenvalue weighted by Gasteiger charge is 2.11. The van der Waals surface area contributed by atoms with Gasteiger partial charge in [0.25, 0.3) is 0 Å². The first kappa shape index (κ1) is 11.9. The lowest BCUT2D eigenvalue weighted by atomic mass is 10.2. The number of carbonyl (C=O) groups excluding carboxylic acids is 1. The summed E-state index contributed by atoms with van der Waals surface area (Å²) in [4.78, 5) is 11.2. The van der Waals surface area contributed by atoms with Crippen LogP contribution < -0.4 is 0 Å².